The van der Waals surface area contributed by atoms with Crippen molar-refractivity contribution in [2.24, 2.45) is 0 Å². The number of hydrogen-bond acceptors (Lipinski definition) is 7. The van der Waals surface area contributed by atoms with Gasteiger partial charge in [0.25, 0.3) is 0 Å². The van der Waals surface area contributed by atoms with Crippen LogP contribution >= 0.6 is 23.1 Å². The van der Waals surface area contributed by atoms with E-state index >= 15 is 0 Å². The van der Waals surface area contributed by atoms with Crippen molar-refractivity contribution in [1.82, 2.24) is 19.8 Å². The van der Waals surface area contributed by atoms with Gasteiger partial charge < -0.3 is 15.5 Å². The summed E-state index contributed by atoms with van der Waals surface area (Å²) >= 11 is 3.01. The van der Waals surface area contributed by atoms with Crippen molar-refractivity contribution in [2.45, 2.75) is 24.0 Å². The number of amides is 1. The molecular weight excluding hydrogens is 394 g/mol. The molecule has 4 rings (SSSR count). The van der Waals surface area contributed by atoms with Gasteiger partial charge in [0.1, 0.15) is 5.75 Å². The summed E-state index contributed by atoms with van der Waals surface area (Å²) < 4.78 is 6.79. The van der Waals surface area contributed by atoms with Crippen LogP contribution in [0.15, 0.2) is 46.9 Å². The number of nitrogens with zero attached hydrogens (tertiary/aromatic N) is 4. The molecule has 1 unspecified atom stereocenters. The van der Waals surface area contributed by atoms with Crippen LogP contribution in [0.25, 0.3) is 11.4 Å². The number of thiophene rings is 1. The van der Waals surface area contributed by atoms with Crippen LogP contribution in [-0.4, -0.2) is 45.1 Å². The van der Waals surface area contributed by atoms with Gasteiger partial charge in [-0.25, -0.2) is 4.68 Å². The molecule has 2 N–H and O–H groups in total. The van der Waals surface area contributed by atoms with Gasteiger partial charge >= 0.3 is 0 Å². The van der Waals surface area contributed by atoms with Crippen LogP contribution in [0.1, 0.15) is 23.8 Å². The van der Waals surface area contributed by atoms with Crippen molar-refractivity contribution in [3.63, 3.8) is 0 Å². The number of rotatable bonds is 6. The number of likely N-dealkylation sites (tertiary alicyclic amines) is 1. The third kappa shape index (κ3) is 3.59. The summed E-state index contributed by atoms with van der Waals surface area (Å²) in [5, 5.41) is 10.9. The summed E-state index contributed by atoms with van der Waals surface area (Å²) in [7, 11) is 1.60. The molecule has 1 aliphatic rings. The van der Waals surface area contributed by atoms with Crippen LogP contribution in [0.3, 0.4) is 0 Å². The Morgan fingerprint density at radius 3 is 2.96 bits per heavy atom. The summed E-state index contributed by atoms with van der Waals surface area (Å²) in [5.41, 5.74) is 0.760. The molecule has 2 aromatic heterocycles. The first-order valence-corrected chi connectivity index (χ1v) is 10.8. The average molecular weight is 416 g/mol. The van der Waals surface area contributed by atoms with Gasteiger partial charge in [0.2, 0.25) is 11.1 Å². The number of ether oxygens (including phenoxy) is 1. The number of nitrogen functional groups attached to an aromatic ring is 1. The minimum Gasteiger partial charge on any atom is -0.496 e. The van der Waals surface area contributed by atoms with Gasteiger partial charge in [-0.2, -0.15) is 0 Å². The number of para-hydroxylation sites is 1. The quantitative estimate of drug-likeness (QED) is 0.492. The second-order valence-corrected chi connectivity index (χ2v) is 8.35. The molecule has 0 aliphatic carbocycles. The van der Waals surface area contributed by atoms with E-state index in [-0.39, 0.29) is 17.7 Å². The van der Waals surface area contributed by atoms with Gasteiger partial charge in [0.05, 0.1) is 24.5 Å². The molecule has 146 valence electrons. The fraction of sp³-hybridized carbons (Fsp3) is 0.316. The molecule has 1 aliphatic heterocycles. The Kier molecular flexibility index (Phi) is 5.54. The standard InChI is InChI=1S/C19H21N5O2S2/c1-26-15-8-3-2-6-13(15)18-21-22-19(24(18)20)28-12-17(25)23-10-4-7-14(23)16-9-5-11-27-16/h2-3,5-6,8-9,11,14H,4,7,10,12,20H2,1H3. The van der Waals surface area contributed by atoms with Crippen molar-refractivity contribution in [3.05, 3.63) is 46.7 Å². The number of aromatic nitrogens is 3. The maximum atomic E-state index is 12.8. The SMILES string of the molecule is COc1ccccc1-c1nnc(SCC(=O)N2CCCC2c2cccs2)n1N. The molecular formula is C19H21N5O2S2. The molecule has 1 amide bonds. The molecule has 3 heterocycles. The number of hydrogen-bond donors (Lipinski definition) is 1. The molecule has 1 fully saturated rings. The van der Waals surface area contributed by atoms with Crippen LogP contribution in [0.5, 0.6) is 5.75 Å². The lowest BCUT2D eigenvalue weighted by Crippen LogP contribution is -2.31. The zero-order chi connectivity index (χ0) is 19.5. The van der Waals surface area contributed by atoms with E-state index in [9.17, 15) is 4.79 Å². The molecule has 0 saturated carbocycles. The minimum absolute atomic E-state index is 0.0998. The van der Waals surface area contributed by atoms with E-state index in [0.717, 1.165) is 24.9 Å². The highest BCUT2D eigenvalue weighted by molar-refractivity contribution is 7.99. The summed E-state index contributed by atoms with van der Waals surface area (Å²) in [6, 6.07) is 11.8. The largest absolute Gasteiger partial charge is 0.496 e. The second kappa shape index (κ2) is 8.24. The zero-order valence-corrected chi connectivity index (χ0v) is 17.1. The van der Waals surface area contributed by atoms with E-state index in [4.69, 9.17) is 10.6 Å². The van der Waals surface area contributed by atoms with Gasteiger partial charge in [0, 0.05) is 11.4 Å². The molecule has 3 aromatic rings. The number of carbonyl (C=O) groups excluding carboxylic acids is 1. The maximum absolute atomic E-state index is 12.8. The molecule has 0 radical (unpaired) electrons. The van der Waals surface area contributed by atoms with Crippen LogP contribution in [0.2, 0.25) is 0 Å². The van der Waals surface area contributed by atoms with E-state index in [1.165, 1.54) is 21.3 Å². The smallest absolute Gasteiger partial charge is 0.233 e. The molecule has 1 aromatic carbocycles. The maximum Gasteiger partial charge on any atom is 0.233 e. The highest BCUT2D eigenvalue weighted by atomic mass is 32.2. The first kappa shape index (κ1) is 18.8. The Morgan fingerprint density at radius 2 is 2.18 bits per heavy atom. The third-order valence-corrected chi connectivity index (χ3v) is 6.68. The average Bonchev–Trinajstić information content (AvgIpc) is 3.46. The van der Waals surface area contributed by atoms with Crippen LogP contribution < -0.4 is 10.6 Å². The Labute approximate surface area is 171 Å². The highest BCUT2D eigenvalue weighted by Gasteiger charge is 2.30. The van der Waals surface area contributed by atoms with Gasteiger partial charge in [-0.3, -0.25) is 4.79 Å². The molecule has 9 heteroatoms. The van der Waals surface area contributed by atoms with E-state index in [1.807, 2.05) is 35.2 Å². The molecule has 1 atom stereocenters. The number of carbonyl (C=O) groups is 1. The Bertz CT molecular complexity index is 957. The normalized spacial score (nSPS) is 16.5. The third-order valence-electron chi connectivity index (χ3n) is 4.78. The fourth-order valence-corrected chi connectivity index (χ4v) is 5.06. The predicted octanol–water partition coefficient (Wildman–Crippen LogP) is 3.18. The van der Waals surface area contributed by atoms with Crippen molar-refractivity contribution in [1.29, 1.82) is 0 Å². The van der Waals surface area contributed by atoms with Crippen molar-refractivity contribution in [3.8, 4) is 17.1 Å². The summed E-state index contributed by atoms with van der Waals surface area (Å²) in [6.07, 6.45) is 2.05. The molecule has 0 bridgehead atoms. The minimum atomic E-state index is 0.0998. The Morgan fingerprint density at radius 1 is 1.32 bits per heavy atom. The Balaban J connectivity index is 1.46. The van der Waals surface area contributed by atoms with Crippen LogP contribution in [0, 0.1) is 0 Å². The molecule has 1 saturated heterocycles. The molecule has 0 spiro atoms. The van der Waals surface area contributed by atoms with Gasteiger partial charge in [-0.05, 0) is 36.4 Å². The molecule has 28 heavy (non-hydrogen) atoms. The number of thioether (sulfide) groups is 1. The molecule has 7 nitrogen and oxygen atoms in total. The second-order valence-electron chi connectivity index (χ2n) is 6.43. The highest BCUT2D eigenvalue weighted by Crippen LogP contribution is 2.35. The van der Waals surface area contributed by atoms with Gasteiger partial charge in [-0.15, -0.1) is 21.5 Å². The van der Waals surface area contributed by atoms with Crippen molar-refractivity contribution in [2.75, 3.05) is 25.3 Å². The van der Waals surface area contributed by atoms with Crippen LogP contribution in [-0.2, 0) is 4.79 Å². The first-order chi connectivity index (χ1) is 13.7. The van der Waals surface area contributed by atoms with E-state index in [0.29, 0.717) is 16.7 Å². The summed E-state index contributed by atoms with van der Waals surface area (Å²) in [5.74, 6) is 7.75. The van der Waals surface area contributed by atoms with E-state index < -0.39 is 0 Å². The van der Waals surface area contributed by atoms with E-state index in [2.05, 4.69) is 21.6 Å². The van der Waals surface area contributed by atoms with Gasteiger partial charge in [-0.1, -0.05) is 30.0 Å². The fourth-order valence-electron chi connectivity index (χ4n) is 3.44. The van der Waals surface area contributed by atoms with Gasteiger partial charge in [0.15, 0.2) is 5.82 Å². The first-order valence-electron chi connectivity index (χ1n) is 8.98. The lowest BCUT2D eigenvalue weighted by molar-refractivity contribution is -0.129. The lowest BCUT2D eigenvalue weighted by atomic mass is 10.2. The number of methoxy groups -OCH3 is 1. The summed E-state index contributed by atoms with van der Waals surface area (Å²) in [4.78, 5) is 16.0. The van der Waals surface area contributed by atoms with Crippen molar-refractivity contribution >= 4 is 29.0 Å². The zero-order valence-electron chi connectivity index (χ0n) is 15.4. The van der Waals surface area contributed by atoms with Crippen LogP contribution in [0.4, 0.5) is 0 Å². The predicted molar refractivity (Wildman–Crippen MR) is 111 cm³/mol. The number of benzene rings is 1. The number of nitrogens with two attached hydrogens (primary N) is 1. The van der Waals surface area contributed by atoms with Crippen molar-refractivity contribution < 1.29 is 9.53 Å². The topological polar surface area (TPSA) is 86.3 Å². The lowest BCUT2D eigenvalue weighted by Gasteiger charge is -2.23. The Hall–Kier alpha value is -2.52. The summed E-state index contributed by atoms with van der Waals surface area (Å²) in [6.45, 7) is 0.795. The van der Waals surface area contributed by atoms with E-state index in [1.54, 1.807) is 18.4 Å². The monoisotopic (exact) mass is 415 g/mol.